The van der Waals surface area contributed by atoms with Crippen molar-refractivity contribution in [1.82, 2.24) is 14.9 Å². The third-order valence-electron chi connectivity index (χ3n) is 7.99. The van der Waals surface area contributed by atoms with Crippen LogP contribution in [0.1, 0.15) is 53.6 Å². The fraction of sp³-hybridized carbons (Fsp3) is 0.235. The zero-order chi connectivity index (χ0) is 29.6. The number of rotatable bonds is 10. The fourth-order valence-electron chi connectivity index (χ4n) is 5.69. The number of imidazole rings is 1. The van der Waals surface area contributed by atoms with Gasteiger partial charge in [0.15, 0.2) is 0 Å². The van der Waals surface area contributed by atoms with E-state index in [1.807, 2.05) is 54.7 Å². The molecule has 0 bridgehead atoms. The molecule has 6 rings (SSSR count). The molecule has 4 aromatic rings. The number of amides is 1. The van der Waals surface area contributed by atoms with Gasteiger partial charge < -0.3 is 20.5 Å². The summed E-state index contributed by atoms with van der Waals surface area (Å²) in [5.74, 6) is -0.304. The molecular formula is C34H34N6O3. The van der Waals surface area contributed by atoms with Gasteiger partial charge in [0, 0.05) is 35.3 Å². The van der Waals surface area contributed by atoms with E-state index in [9.17, 15) is 14.9 Å². The monoisotopic (exact) mass is 574 g/mol. The lowest BCUT2D eigenvalue weighted by Crippen LogP contribution is -2.30. The number of H-pyrrole nitrogens is 1. The third-order valence-corrected chi connectivity index (χ3v) is 7.99. The van der Waals surface area contributed by atoms with Crippen molar-refractivity contribution in [2.24, 2.45) is 0 Å². The number of non-ortho nitro benzene ring substituents is 1. The van der Waals surface area contributed by atoms with Gasteiger partial charge in [-0.15, -0.1) is 0 Å². The first-order chi connectivity index (χ1) is 21.0. The molecule has 0 aliphatic carbocycles. The number of nitro groups is 1. The number of nitrogens with one attached hydrogen (secondary N) is 3. The van der Waals surface area contributed by atoms with Gasteiger partial charge in [-0.3, -0.25) is 14.9 Å². The van der Waals surface area contributed by atoms with E-state index in [1.165, 1.54) is 50.0 Å². The number of aromatic amines is 1. The lowest BCUT2D eigenvalue weighted by Gasteiger charge is -2.26. The van der Waals surface area contributed by atoms with Gasteiger partial charge in [-0.1, -0.05) is 48.9 Å². The standard InChI is InChI=1S/C34H34N6O3/c41-34-32(30-21-29(40(42)43)16-17-31(30)38-34)33(37-27-13-8-25(9-14-27)10-15-28-22-35-23-36-28)26-11-6-24(7-12-26)5-4-20-39-18-2-1-3-19-39/h6-17,21-23,37H,1-5,18-20H2,(H,35,36)(H,38,41)/b15-10+,33-32-. The Balaban J connectivity index is 1.28. The highest BCUT2D eigenvalue weighted by Gasteiger charge is 2.30. The highest BCUT2D eigenvalue weighted by molar-refractivity contribution is 6.37. The van der Waals surface area contributed by atoms with Crippen LogP contribution in [0.4, 0.5) is 17.1 Å². The molecule has 0 spiro atoms. The normalized spacial score (nSPS) is 16.2. The average Bonchev–Trinajstić information content (AvgIpc) is 3.67. The number of nitro benzene ring substituents is 1. The molecule has 1 saturated heterocycles. The molecule has 1 fully saturated rings. The molecule has 1 amide bonds. The molecule has 43 heavy (non-hydrogen) atoms. The molecule has 2 aliphatic rings. The summed E-state index contributed by atoms with van der Waals surface area (Å²) >= 11 is 0. The van der Waals surface area contributed by atoms with Crippen molar-refractivity contribution in [3.05, 3.63) is 117 Å². The Morgan fingerprint density at radius 1 is 1.00 bits per heavy atom. The number of carbonyl (C=O) groups excluding carboxylic acids is 1. The van der Waals surface area contributed by atoms with Crippen molar-refractivity contribution >= 4 is 46.4 Å². The Kier molecular flexibility index (Phi) is 8.42. The smallest absolute Gasteiger partial charge is 0.270 e. The largest absolute Gasteiger partial charge is 0.354 e. The zero-order valence-corrected chi connectivity index (χ0v) is 23.9. The Morgan fingerprint density at radius 3 is 2.51 bits per heavy atom. The van der Waals surface area contributed by atoms with Crippen LogP contribution in [0.5, 0.6) is 0 Å². The summed E-state index contributed by atoms with van der Waals surface area (Å²) in [5, 5.41) is 17.9. The molecule has 0 unspecified atom stereocenters. The number of piperidine rings is 1. The summed E-state index contributed by atoms with van der Waals surface area (Å²) in [5.41, 5.74) is 6.65. The maximum absolute atomic E-state index is 13.3. The molecule has 0 saturated carbocycles. The second kappa shape index (κ2) is 12.9. The van der Waals surface area contributed by atoms with E-state index in [4.69, 9.17) is 0 Å². The number of hydrogen-bond acceptors (Lipinski definition) is 6. The highest BCUT2D eigenvalue weighted by atomic mass is 16.6. The fourth-order valence-corrected chi connectivity index (χ4v) is 5.69. The van der Waals surface area contributed by atoms with Crippen molar-refractivity contribution in [2.75, 3.05) is 30.3 Å². The molecule has 218 valence electrons. The minimum Gasteiger partial charge on any atom is -0.354 e. The van der Waals surface area contributed by atoms with Crippen LogP contribution in [0.3, 0.4) is 0 Å². The maximum atomic E-state index is 13.3. The van der Waals surface area contributed by atoms with Crippen LogP contribution in [0.25, 0.3) is 23.4 Å². The van der Waals surface area contributed by atoms with Crippen LogP contribution in [0, 0.1) is 10.1 Å². The second-order valence-corrected chi connectivity index (χ2v) is 11.0. The summed E-state index contributed by atoms with van der Waals surface area (Å²) < 4.78 is 0. The number of hydrogen-bond donors (Lipinski definition) is 3. The van der Waals surface area contributed by atoms with Gasteiger partial charge >= 0.3 is 0 Å². The van der Waals surface area contributed by atoms with E-state index in [0.29, 0.717) is 22.5 Å². The van der Waals surface area contributed by atoms with E-state index in [1.54, 1.807) is 12.4 Å². The number of carbonyl (C=O) groups is 1. The van der Waals surface area contributed by atoms with Crippen LogP contribution in [-0.4, -0.2) is 45.3 Å². The number of aryl methyl sites for hydroxylation is 1. The average molecular weight is 575 g/mol. The van der Waals surface area contributed by atoms with Gasteiger partial charge in [0.25, 0.3) is 11.6 Å². The highest BCUT2D eigenvalue weighted by Crippen LogP contribution is 2.39. The lowest BCUT2D eigenvalue weighted by atomic mass is 9.98. The molecule has 0 atom stereocenters. The summed E-state index contributed by atoms with van der Waals surface area (Å²) in [6, 6.07) is 20.6. The van der Waals surface area contributed by atoms with Crippen LogP contribution in [0.2, 0.25) is 0 Å². The first-order valence-corrected chi connectivity index (χ1v) is 14.7. The van der Waals surface area contributed by atoms with Gasteiger partial charge in [-0.2, -0.15) is 0 Å². The number of likely N-dealkylation sites (tertiary alicyclic amines) is 1. The number of benzene rings is 3. The van der Waals surface area contributed by atoms with Crippen LogP contribution >= 0.6 is 0 Å². The van der Waals surface area contributed by atoms with Crippen molar-refractivity contribution in [1.29, 1.82) is 0 Å². The third kappa shape index (κ3) is 6.73. The number of aromatic nitrogens is 2. The van der Waals surface area contributed by atoms with Crippen molar-refractivity contribution in [3.8, 4) is 0 Å². The first kappa shape index (κ1) is 28.1. The van der Waals surface area contributed by atoms with E-state index in [-0.39, 0.29) is 11.6 Å². The molecule has 1 aromatic heterocycles. The minimum atomic E-state index is -0.443. The summed E-state index contributed by atoms with van der Waals surface area (Å²) in [4.78, 5) is 34.1. The topological polar surface area (TPSA) is 116 Å². The van der Waals surface area contributed by atoms with E-state index >= 15 is 0 Å². The molecule has 3 aromatic carbocycles. The molecule has 9 heteroatoms. The summed E-state index contributed by atoms with van der Waals surface area (Å²) in [7, 11) is 0. The maximum Gasteiger partial charge on any atom is 0.270 e. The van der Waals surface area contributed by atoms with E-state index in [0.717, 1.165) is 41.9 Å². The van der Waals surface area contributed by atoms with Gasteiger partial charge in [0.1, 0.15) is 0 Å². The van der Waals surface area contributed by atoms with Gasteiger partial charge in [-0.25, -0.2) is 4.98 Å². The number of fused-ring (bicyclic) bond motifs is 1. The van der Waals surface area contributed by atoms with Crippen molar-refractivity contribution in [3.63, 3.8) is 0 Å². The predicted octanol–water partition coefficient (Wildman–Crippen LogP) is 6.84. The Labute approximate surface area is 250 Å². The Morgan fingerprint density at radius 2 is 1.79 bits per heavy atom. The van der Waals surface area contributed by atoms with Crippen molar-refractivity contribution < 1.29 is 9.72 Å². The second-order valence-electron chi connectivity index (χ2n) is 11.0. The van der Waals surface area contributed by atoms with Gasteiger partial charge in [-0.05, 0) is 86.3 Å². The van der Waals surface area contributed by atoms with Crippen LogP contribution in [-0.2, 0) is 11.2 Å². The summed E-state index contributed by atoms with van der Waals surface area (Å²) in [6.45, 7) is 3.51. The summed E-state index contributed by atoms with van der Waals surface area (Å²) in [6.07, 6.45) is 13.4. The number of anilines is 2. The first-order valence-electron chi connectivity index (χ1n) is 14.7. The van der Waals surface area contributed by atoms with Gasteiger partial charge in [0.05, 0.1) is 28.2 Å². The lowest BCUT2D eigenvalue weighted by molar-refractivity contribution is -0.384. The zero-order valence-electron chi connectivity index (χ0n) is 23.9. The molecule has 0 radical (unpaired) electrons. The van der Waals surface area contributed by atoms with Crippen molar-refractivity contribution in [2.45, 2.75) is 32.1 Å². The van der Waals surface area contributed by atoms with Crippen LogP contribution in [0.15, 0.2) is 79.3 Å². The predicted molar refractivity (Wildman–Crippen MR) is 171 cm³/mol. The number of nitrogens with zero attached hydrogens (tertiary/aromatic N) is 3. The Hall–Kier alpha value is -5.02. The minimum absolute atomic E-state index is 0.0656. The Bertz CT molecular complexity index is 1650. The van der Waals surface area contributed by atoms with Crippen LogP contribution < -0.4 is 10.6 Å². The molecular weight excluding hydrogens is 540 g/mol. The SMILES string of the molecule is O=C1Nc2ccc([N+](=O)[O-])cc2/C1=C(/Nc1ccc(/C=C/c2c[nH]cn2)cc1)c1ccc(CCCN2CCCCC2)cc1. The van der Waals surface area contributed by atoms with E-state index < -0.39 is 4.92 Å². The molecule has 3 N–H and O–H groups in total. The molecule has 9 nitrogen and oxygen atoms in total. The molecule has 2 aliphatic heterocycles. The van der Waals surface area contributed by atoms with Gasteiger partial charge in [0.2, 0.25) is 0 Å². The quantitative estimate of drug-likeness (QED) is 0.109. The van der Waals surface area contributed by atoms with E-state index in [2.05, 4.69) is 37.6 Å². The molecule has 3 heterocycles.